The summed E-state index contributed by atoms with van der Waals surface area (Å²) in [6.45, 7) is 0.311. The Morgan fingerprint density at radius 2 is 2.23 bits per heavy atom. The van der Waals surface area contributed by atoms with E-state index >= 15 is 0 Å². The molecule has 1 aromatic heterocycles. The fourth-order valence-electron chi connectivity index (χ4n) is 2.07. The van der Waals surface area contributed by atoms with Crippen LogP contribution in [0.1, 0.15) is 31.0 Å². The predicted octanol–water partition coefficient (Wildman–Crippen LogP) is 1.90. The monoisotopic (exact) mass is 342 g/mol. The summed E-state index contributed by atoms with van der Waals surface area (Å²) in [6, 6.07) is 5.22. The average Bonchev–Trinajstić information content (AvgIpc) is 3.19. The summed E-state index contributed by atoms with van der Waals surface area (Å²) in [5, 5.41) is 15.1. The predicted molar refractivity (Wildman–Crippen MR) is 85.7 cm³/mol. The van der Waals surface area contributed by atoms with E-state index in [2.05, 4.69) is 20.8 Å². The van der Waals surface area contributed by atoms with Crippen molar-refractivity contribution in [2.45, 2.75) is 25.2 Å². The Morgan fingerprint density at radius 3 is 2.91 bits per heavy atom. The lowest BCUT2D eigenvalue weighted by Gasteiger charge is -2.10. The number of amides is 1. The van der Waals surface area contributed by atoms with Crippen LogP contribution in [0.25, 0.3) is 5.69 Å². The van der Waals surface area contributed by atoms with E-state index in [0.717, 1.165) is 18.7 Å². The number of benzene rings is 1. The van der Waals surface area contributed by atoms with Gasteiger partial charge in [-0.1, -0.05) is 11.6 Å². The van der Waals surface area contributed by atoms with Gasteiger partial charge in [0, 0.05) is 24.6 Å². The zero-order valence-electron chi connectivity index (χ0n) is 11.7. The molecule has 0 bridgehead atoms. The number of aromatic nitrogens is 4. The Morgan fingerprint density at radius 1 is 1.45 bits per heavy atom. The quantitative estimate of drug-likeness (QED) is 0.864. The lowest BCUT2D eigenvalue weighted by atomic mass is 10.2. The second-order valence-electron chi connectivity index (χ2n) is 4.98. The summed E-state index contributed by atoms with van der Waals surface area (Å²) < 4.78 is 1.64. The highest BCUT2D eigenvalue weighted by molar-refractivity contribution is 6.32. The molecule has 1 aliphatic rings. The number of anilines is 1. The minimum atomic E-state index is -0.134. The van der Waals surface area contributed by atoms with Gasteiger partial charge in [-0.15, -0.1) is 17.5 Å². The van der Waals surface area contributed by atoms with Gasteiger partial charge < -0.3 is 11.1 Å². The van der Waals surface area contributed by atoms with Gasteiger partial charge in [-0.05, 0) is 41.5 Å². The number of hydrogen-bond acceptors (Lipinski definition) is 5. The van der Waals surface area contributed by atoms with Crippen LogP contribution in [0, 0.1) is 0 Å². The molecule has 1 saturated carbocycles. The van der Waals surface area contributed by atoms with E-state index in [-0.39, 0.29) is 24.7 Å². The number of rotatable bonds is 5. The van der Waals surface area contributed by atoms with E-state index in [9.17, 15) is 4.79 Å². The van der Waals surface area contributed by atoms with Crippen molar-refractivity contribution in [1.29, 1.82) is 0 Å². The second kappa shape index (κ2) is 7.04. The van der Waals surface area contributed by atoms with Gasteiger partial charge >= 0.3 is 0 Å². The number of nitrogens with zero attached hydrogens (tertiary/aromatic N) is 4. The van der Waals surface area contributed by atoms with Crippen LogP contribution in [0.4, 0.5) is 5.69 Å². The summed E-state index contributed by atoms with van der Waals surface area (Å²) in [4.78, 5) is 11.6. The first-order valence-electron chi connectivity index (χ1n) is 6.77. The third-order valence-electron chi connectivity index (χ3n) is 3.27. The fraction of sp³-hybridized carbons (Fsp3) is 0.385. The molecule has 3 N–H and O–H groups in total. The molecule has 1 aromatic carbocycles. The molecule has 1 amide bonds. The average molecular weight is 343 g/mol. The zero-order valence-corrected chi connectivity index (χ0v) is 13.3. The van der Waals surface area contributed by atoms with Gasteiger partial charge in [0.15, 0.2) is 5.82 Å². The van der Waals surface area contributed by atoms with E-state index in [1.807, 2.05) is 0 Å². The Bertz CT molecular complexity index is 670. The fourth-order valence-corrected chi connectivity index (χ4v) is 2.27. The van der Waals surface area contributed by atoms with E-state index in [1.54, 1.807) is 22.9 Å². The van der Waals surface area contributed by atoms with E-state index in [0.29, 0.717) is 28.9 Å². The van der Waals surface area contributed by atoms with Crippen molar-refractivity contribution in [3.63, 3.8) is 0 Å². The maximum Gasteiger partial charge on any atom is 0.225 e. The van der Waals surface area contributed by atoms with Crippen LogP contribution in [0.5, 0.6) is 0 Å². The zero-order chi connectivity index (χ0) is 14.8. The molecule has 0 saturated heterocycles. The summed E-state index contributed by atoms with van der Waals surface area (Å²) in [7, 11) is 0. The third-order valence-corrected chi connectivity index (χ3v) is 3.59. The Labute approximate surface area is 138 Å². The molecule has 0 aliphatic heterocycles. The molecular weight excluding hydrogens is 327 g/mol. The molecule has 1 aliphatic carbocycles. The molecule has 3 rings (SSSR count). The number of tetrazole rings is 1. The van der Waals surface area contributed by atoms with E-state index in [4.69, 9.17) is 17.3 Å². The number of nitrogens with one attached hydrogen (secondary N) is 1. The molecule has 118 valence electrons. The Balaban J connectivity index is 0.00000176. The highest BCUT2D eigenvalue weighted by Crippen LogP contribution is 2.39. The molecule has 9 heteroatoms. The van der Waals surface area contributed by atoms with Crippen molar-refractivity contribution in [3.05, 3.63) is 29.0 Å². The molecule has 0 radical (unpaired) electrons. The van der Waals surface area contributed by atoms with Crippen molar-refractivity contribution in [1.82, 2.24) is 20.2 Å². The smallest absolute Gasteiger partial charge is 0.225 e. The van der Waals surface area contributed by atoms with Crippen LogP contribution in [0.15, 0.2) is 18.2 Å². The summed E-state index contributed by atoms with van der Waals surface area (Å²) in [5.74, 6) is 1.07. The largest absolute Gasteiger partial charge is 0.330 e. The molecule has 22 heavy (non-hydrogen) atoms. The van der Waals surface area contributed by atoms with Gasteiger partial charge in [0.2, 0.25) is 5.91 Å². The first kappa shape index (κ1) is 16.7. The number of nitrogens with two attached hydrogens (primary N) is 1. The summed E-state index contributed by atoms with van der Waals surface area (Å²) in [5.41, 5.74) is 6.67. The van der Waals surface area contributed by atoms with E-state index in [1.165, 1.54) is 0 Å². The van der Waals surface area contributed by atoms with Crippen molar-refractivity contribution < 1.29 is 4.79 Å². The van der Waals surface area contributed by atoms with Crippen molar-refractivity contribution >= 4 is 35.6 Å². The molecule has 7 nitrogen and oxygen atoms in total. The molecule has 0 unspecified atom stereocenters. The second-order valence-corrected chi connectivity index (χ2v) is 5.38. The lowest BCUT2D eigenvalue weighted by Crippen LogP contribution is -2.16. The van der Waals surface area contributed by atoms with Crippen LogP contribution in [-0.4, -0.2) is 32.7 Å². The van der Waals surface area contributed by atoms with Crippen LogP contribution in [0.3, 0.4) is 0 Å². The van der Waals surface area contributed by atoms with Gasteiger partial charge in [0.25, 0.3) is 0 Å². The van der Waals surface area contributed by atoms with Gasteiger partial charge in [-0.25, -0.2) is 0 Å². The molecule has 0 atom stereocenters. The van der Waals surface area contributed by atoms with E-state index < -0.39 is 0 Å². The minimum absolute atomic E-state index is 0. The SMILES string of the molecule is Cl.NCCC(=O)Nc1ccc(Cl)c(-n2nnnc2C2CC2)c1. The van der Waals surface area contributed by atoms with Crippen molar-refractivity contribution in [3.8, 4) is 5.69 Å². The normalized spacial score (nSPS) is 13.5. The summed E-state index contributed by atoms with van der Waals surface area (Å²) >= 11 is 6.23. The van der Waals surface area contributed by atoms with Gasteiger partial charge in [0.1, 0.15) is 0 Å². The number of halogens is 2. The van der Waals surface area contributed by atoms with Crippen LogP contribution in [0.2, 0.25) is 5.02 Å². The molecule has 2 aromatic rings. The van der Waals surface area contributed by atoms with Crippen LogP contribution >= 0.6 is 24.0 Å². The highest BCUT2D eigenvalue weighted by Gasteiger charge is 2.30. The van der Waals surface area contributed by atoms with Gasteiger partial charge in [0.05, 0.1) is 10.7 Å². The molecule has 1 heterocycles. The van der Waals surface area contributed by atoms with Crippen molar-refractivity contribution in [2.24, 2.45) is 5.73 Å². The molecular formula is C13H16Cl2N6O. The minimum Gasteiger partial charge on any atom is -0.330 e. The summed E-state index contributed by atoms with van der Waals surface area (Å²) in [6.07, 6.45) is 2.45. The van der Waals surface area contributed by atoms with Crippen LogP contribution < -0.4 is 11.1 Å². The Hall–Kier alpha value is -1.70. The molecule has 1 fully saturated rings. The first-order chi connectivity index (χ1) is 10.2. The van der Waals surface area contributed by atoms with Crippen molar-refractivity contribution in [2.75, 3.05) is 11.9 Å². The maximum absolute atomic E-state index is 11.6. The maximum atomic E-state index is 11.6. The topological polar surface area (TPSA) is 98.7 Å². The number of carbonyl (C=O) groups is 1. The third kappa shape index (κ3) is 3.55. The van der Waals surface area contributed by atoms with Crippen LogP contribution in [-0.2, 0) is 4.79 Å². The lowest BCUT2D eigenvalue weighted by molar-refractivity contribution is -0.116. The van der Waals surface area contributed by atoms with Gasteiger partial charge in [-0.2, -0.15) is 4.68 Å². The van der Waals surface area contributed by atoms with Gasteiger partial charge in [-0.3, -0.25) is 4.79 Å². The first-order valence-corrected chi connectivity index (χ1v) is 7.15. The molecule has 0 spiro atoms. The Kier molecular flexibility index (Phi) is 5.33. The number of hydrogen-bond donors (Lipinski definition) is 2. The number of carbonyl (C=O) groups excluding carboxylic acids is 1. The highest BCUT2D eigenvalue weighted by atomic mass is 35.5. The standard InChI is InChI=1S/C13H15ClN6O.ClH/c14-10-4-3-9(16-12(21)5-6-15)7-11(10)20-13(8-1-2-8)17-18-19-20;/h3-4,7-8H,1-2,5-6,15H2,(H,16,21);1H.